The fourth-order valence-corrected chi connectivity index (χ4v) is 3.49. The van der Waals surface area contributed by atoms with Crippen molar-refractivity contribution in [3.8, 4) is 0 Å². The van der Waals surface area contributed by atoms with Crippen molar-refractivity contribution < 1.29 is 9.84 Å². The number of aliphatic hydroxyl groups excluding tert-OH is 1. The molecule has 0 saturated heterocycles. The summed E-state index contributed by atoms with van der Waals surface area (Å²) in [6, 6.07) is 5.38. The minimum absolute atomic E-state index is 0.198. The largest absolute Gasteiger partial charge is 0.386 e. The minimum Gasteiger partial charge on any atom is -0.386 e. The lowest BCUT2D eigenvalue weighted by molar-refractivity contribution is -0.0738. The average Bonchev–Trinajstić information content (AvgIpc) is 2.48. The zero-order chi connectivity index (χ0) is 14.5. The van der Waals surface area contributed by atoms with E-state index in [1.165, 1.54) is 19.3 Å². The smallest absolute Gasteiger partial charge is 0.107 e. The third kappa shape index (κ3) is 3.67. The maximum Gasteiger partial charge on any atom is 0.107 e. The Balaban J connectivity index is 2.21. The van der Waals surface area contributed by atoms with Gasteiger partial charge in [0, 0.05) is 12.2 Å². The fraction of sp³-hybridized carbons (Fsp3) is 0.625. The Bertz CT molecular complexity index is 430. The molecule has 1 aliphatic rings. The Labute approximate surface area is 131 Å². The summed E-state index contributed by atoms with van der Waals surface area (Å²) in [5.74, 6) is 0.397. The van der Waals surface area contributed by atoms with Crippen LogP contribution in [0.15, 0.2) is 18.2 Å². The van der Waals surface area contributed by atoms with Gasteiger partial charge >= 0.3 is 0 Å². The lowest BCUT2D eigenvalue weighted by atomic mass is 9.82. The van der Waals surface area contributed by atoms with Gasteiger partial charge in [-0.15, -0.1) is 0 Å². The summed E-state index contributed by atoms with van der Waals surface area (Å²) in [5, 5.41) is 11.6. The van der Waals surface area contributed by atoms with Crippen LogP contribution >= 0.6 is 23.2 Å². The molecule has 1 fully saturated rings. The maximum absolute atomic E-state index is 10.7. The monoisotopic (exact) mass is 316 g/mol. The van der Waals surface area contributed by atoms with E-state index in [1.807, 2.05) is 19.1 Å². The third-order valence-corrected chi connectivity index (χ3v) is 4.92. The van der Waals surface area contributed by atoms with Crippen LogP contribution in [0.3, 0.4) is 0 Å². The Hall–Kier alpha value is -0.280. The second kappa shape index (κ2) is 7.65. The molecule has 2 rings (SSSR count). The summed E-state index contributed by atoms with van der Waals surface area (Å²) in [7, 11) is 0. The van der Waals surface area contributed by atoms with Gasteiger partial charge in [0.05, 0.1) is 16.1 Å². The van der Waals surface area contributed by atoms with Crippen LogP contribution in [0.4, 0.5) is 0 Å². The van der Waals surface area contributed by atoms with Crippen molar-refractivity contribution in [3.05, 3.63) is 33.8 Å². The predicted octanol–water partition coefficient (Wildman–Crippen LogP) is 5.01. The van der Waals surface area contributed by atoms with Gasteiger partial charge in [0.25, 0.3) is 0 Å². The molecule has 1 aromatic rings. The normalized spacial score (nSPS) is 19.8. The fourth-order valence-electron chi connectivity index (χ4n) is 3.07. The van der Waals surface area contributed by atoms with Crippen molar-refractivity contribution in [3.63, 3.8) is 0 Å². The molecule has 0 spiro atoms. The van der Waals surface area contributed by atoms with Crippen molar-refractivity contribution in [1.82, 2.24) is 0 Å². The molecule has 0 aliphatic heterocycles. The zero-order valence-corrected chi connectivity index (χ0v) is 13.3. The highest BCUT2D eigenvalue weighted by molar-refractivity contribution is 6.42. The first-order valence-electron chi connectivity index (χ1n) is 7.38. The van der Waals surface area contributed by atoms with E-state index >= 15 is 0 Å². The highest BCUT2D eigenvalue weighted by atomic mass is 35.5. The molecule has 1 aliphatic carbocycles. The van der Waals surface area contributed by atoms with Crippen molar-refractivity contribution >= 4 is 23.2 Å². The van der Waals surface area contributed by atoms with Crippen LogP contribution in [0.5, 0.6) is 0 Å². The molecule has 2 atom stereocenters. The summed E-state index contributed by atoms with van der Waals surface area (Å²) in [6.07, 6.45) is 5.01. The van der Waals surface area contributed by atoms with E-state index in [2.05, 4.69) is 0 Å². The average molecular weight is 317 g/mol. The first-order chi connectivity index (χ1) is 9.65. The van der Waals surface area contributed by atoms with Gasteiger partial charge in [-0.05, 0) is 31.7 Å². The van der Waals surface area contributed by atoms with E-state index in [1.54, 1.807) is 6.07 Å². The number of aliphatic hydroxyl groups is 1. The number of ether oxygens (including phenoxy) is 1. The van der Waals surface area contributed by atoms with Crippen LogP contribution < -0.4 is 0 Å². The number of hydrogen-bond acceptors (Lipinski definition) is 2. The molecule has 0 radical (unpaired) electrons. The van der Waals surface area contributed by atoms with E-state index < -0.39 is 6.10 Å². The van der Waals surface area contributed by atoms with Crippen molar-refractivity contribution in [2.24, 2.45) is 5.92 Å². The molecule has 112 valence electrons. The van der Waals surface area contributed by atoms with Crippen molar-refractivity contribution in [1.29, 1.82) is 0 Å². The van der Waals surface area contributed by atoms with Gasteiger partial charge in [-0.25, -0.2) is 0 Å². The number of rotatable bonds is 5. The third-order valence-electron chi connectivity index (χ3n) is 4.08. The second-order valence-corrected chi connectivity index (χ2v) is 6.19. The Morgan fingerprint density at radius 1 is 1.25 bits per heavy atom. The van der Waals surface area contributed by atoms with E-state index in [0.717, 1.165) is 12.8 Å². The Morgan fingerprint density at radius 2 is 1.95 bits per heavy atom. The molecule has 1 N–H and O–H groups in total. The molecule has 0 aromatic heterocycles. The van der Waals surface area contributed by atoms with Gasteiger partial charge in [-0.3, -0.25) is 0 Å². The quantitative estimate of drug-likeness (QED) is 0.827. The lowest BCUT2D eigenvalue weighted by Gasteiger charge is -2.33. The van der Waals surface area contributed by atoms with Gasteiger partial charge in [0.2, 0.25) is 0 Å². The summed E-state index contributed by atoms with van der Waals surface area (Å²) in [5.41, 5.74) is 0.670. The molecule has 4 heteroatoms. The van der Waals surface area contributed by atoms with Crippen LogP contribution in [0.2, 0.25) is 10.0 Å². The molecule has 0 amide bonds. The van der Waals surface area contributed by atoms with E-state index in [9.17, 15) is 5.11 Å². The maximum atomic E-state index is 10.7. The van der Waals surface area contributed by atoms with E-state index in [-0.39, 0.29) is 6.10 Å². The predicted molar refractivity (Wildman–Crippen MR) is 83.4 cm³/mol. The SMILES string of the molecule is CCOC(C1CCCCC1)C(O)c1cccc(Cl)c1Cl. The van der Waals surface area contributed by atoms with E-state index in [0.29, 0.717) is 28.1 Å². The van der Waals surface area contributed by atoms with Crippen LogP contribution in [-0.2, 0) is 4.74 Å². The second-order valence-electron chi connectivity index (χ2n) is 5.41. The number of benzene rings is 1. The summed E-state index contributed by atoms with van der Waals surface area (Å²) in [4.78, 5) is 0. The Kier molecular flexibility index (Phi) is 6.16. The van der Waals surface area contributed by atoms with Crippen molar-refractivity contribution in [2.75, 3.05) is 6.61 Å². The Morgan fingerprint density at radius 3 is 2.60 bits per heavy atom. The topological polar surface area (TPSA) is 29.5 Å². The lowest BCUT2D eigenvalue weighted by Crippen LogP contribution is -2.32. The van der Waals surface area contributed by atoms with Crippen LogP contribution in [0.1, 0.15) is 50.7 Å². The van der Waals surface area contributed by atoms with Gasteiger partial charge < -0.3 is 9.84 Å². The highest BCUT2D eigenvalue weighted by Gasteiger charge is 2.32. The van der Waals surface area contributed by atoms with Gasteiger partial charge in [0.1, 0.15) is 6.10 Å². The molecule has 1 aromatic carbocycles. The number of hydrogen-bond donors (Lipinski definition) is 1. The van der Waals surface area contributed by atoms with Gasteiger partial charge in [-0.2, -0.15) is 0 Å². The minimum atomic E-state index is -0.718. The first kappa shape index (κ1) is 16.1. The van der Waals surface area contributed by atoms with Crippen molar-refractivity contribution in [2.45, 2.75) is 51.2 Å². The highest BCUT2D eigenvalue weighted by Crippen LogP contribution is 2.38. The molecule has 2 nitrogen and oxygen atoms in total. The molecule has 20 heavy (non-hydrogen) atoms. The molecule has 2 unspecified atom stereocenters. The molecular weight excluding hydrogens is 295 g/mol. The first-order valence-corrected chi connectivity index (χ1v) is 8.14. The standard InChI is InChI=1S/C16H22Cl2O2/c1-2-20-16(11-7-4-3-5-8-11)15(19)12-9-6-10-13(17)14(12)18/h6,9-11,15-16,19H,2-5,7-8H2,1H3. The molecule has 0 heterocycles. The van der Waals surface area contributed by atoms with Crippen LogP contribution in [0, 0.1) is 5.92 Å². The van der Waals surface area contributed by atoms with E-state index in [4.69, 9.17) is 27.9 Å². The summed E-state index contributed by atoms with van der Waals surface area (Å²) >= 11 is 12.3. The van der Waals surface area contributed by atoms with Gasteiger partial charge in [-0.1, -0.05) is 54.6 Å². The number of halogens is 2. The molecule has 0 bridgehead atoms. The molecular formula is C16H22Cl2O2. The van der Waals surface area contributed by atoms with Gasteiger partial charge in [0.15, 0.2) is 0 Å². The zero-order valence-electron chi connectivity index (χ0n) is 11.8. The van der Waals surface area contributed by atoms with Crippen LogP contribution in [-0.4, -0.2) is 17.8 Å². The summed E-state index contributed by atoms with van der Waals surface area (Å²) in [6.45, 7) is 2.55. The van der Waals surface area contributed by atoms with Crippen LogP contribution in [0.25, 0.3) is 0 Å². The molecule has 1 saturated carbocycles. The summed E-state index contributed by atoms with van der Waals surface area (Å²) < 4.78 is 5.84.